The molecular formula is C23H25N5O2. The molecule has 0 saturated carbocycles. The molecule has 1 N–H and O–H groups in total. The van der Waals surface area contributed by atoms with Gasteiger partial charge in [0.2, 0.25) is 5.91 Å². The van der Waals surface area contributed by atoms with Crippen LogP contribution in [0.4, 0.5) is 0 Å². The third kappa shape index (κ3) is 4.46. The van der Waals surface area contributed by atoms with Crippen LogP contribution in [0.15, 0.2) is 59.7 Å². The first-order chi connectivity index (χ1) is 14.5. The minimum atomic E-state index is -0.194. The molecule has 1 amide bonds. The van der Waals surface area contributed by atoms with Crippen LogP contribution >= 0.6 is 0 Å². The first kappa shape index (κ1) is 20.0. The normalized spacial score (nSPS) is 16.5. The van der Waals surface area contributed by atoms with Crippen molar-refractivity contribution in [2.24, 2.45) is 0 Å². The summed E-state index contributed by atoms with van der Waals surface area (Å²) in [5, 5.41) is 0. The van der Waals surface area contributed by atoms with Crippen LogP contribution in [0.5, 0.6) is 0 Å². The molecule has 0 spiro atoms. The van der Waals surface area contributed by atoms with E-state index in [0.29, 0.717) is 11.5 Å². The van der Waals surface area contributed by atoms with Gasteiger partial charge in [-0.3, -0.25) is 19.5 Å². The number of pyridine rings is 1. The fraction of sp³-hybridized carbons (Fsp3) is 0.304. The van der Waals surface area contributed by atoms with E-state index in [1.54, 1.807) is 19.3 Å². The molecule has 0 aliphatic carbocycles. The van der Waals surface area contributed by atoms with Gasteiger partial charge >= 0.3 is 0 Å². The Hall–Kier alpha value is -3.32. The Morgan fingerprint density at radius 1 is 1.23 bits per heavy atom. The van der Waals surface area contributed by atoms with Crippen molar-refractivity contribution in [1.29, 1.82) is 0 Å². The van der Waals surface area contributed by atoms with Crippen LogP contribution < -0.4 is 5.56 Å². The molecule has 0 unspecified atom stereocenters. The lowest BCUT2D eigenvalue weighted by Crippen LogP contribution is -2.37. The summed E-state index contributed by atoms with van der Waals surface area (Å²) in [5.41, 5.74) is 3.26. The van der Waals surface area contributed by atoms with Crippen LogP contribution in [-0.4, -0.2) is 56.8 Å². The van der Waals surface area contributed by atoms with Gasteiger partial charge in [0, 0.05) is 69.2 Å². The monoisotopic (exact) mass is 403 g/mol. The summed E-state index contributed by atoms with van der Waals surface area (Å²) in [5.74, 6) is 0.651. The lowest BCUT2D eigenvalue weighted by Gasteiger charge is -2.23. The number of nitrogens with zero attached hydrogens (tertiary/aromatic N) is 4. The zero-order chi connectivity index (χ0) is 21.1. The second kappa shape index (κ2) is 8.59. The lowest BCUT2D eigenvalue weighted by molar-refractivity contribution is -0.129. The van der Waals surface area contributed by atoms with Crippen molar-refractivity contribution in [2.75, 3.05) is 20.1 Å². The summed E-state index contributed by atoms with van der Waals surface area (Å²) in [4.78, 5) is 39.4. The zero-order valence-corrected chi connectivity index (χ0v) is 17.2. The van der Waals surface area contributed by atoms with Gasteiger partial charge in [-0.2, -0.15) is 0 Å². The maximum atomic E-state index is 12.1. The third-order valence-electron chi connectivity index (χ3n) is 5.62. The number of H-pyrrole nitrogens is 1. The Kier molecular flexibility index (Phi) is 5.72. The van der Waals surface area contributed by atoms with E-state index in [9.17, 15) is 9.59 Å². The van der Waals surface area contributed by atoms with Gasteiger partial charge in [0.15, 0.2) is 0 Å². The molecule has 3 heterocycles. The van der Waals surface area contributed by atoms with Crippen LogP contribution in [0.1, 0.15) is 18.9 Å². The van der Waals surface area contributed by atoms with Crippen molar-refractivity contribution in [3.63, 3.8) is 0 Å². The summed E-state index contributed by atoms with van der Waals surface area (Å²) in [6.07, 6.45) is 4.39. The van der Waals surface area contributed by atoms with Gasteiger partial charge in [-0.05, 0) is 24.1 Å². The number of carbonyl (C=O) groups excluding carboxylic acids is 1. The minimum Gasteiger partial charge on any atom is -0.342 e. The number of amides is 1. The second-order valence-corrected chi connectivity index (χ2v) is 7.73. The molecule has 1 fully saturated rings. The summed E-state index contributed by atoms with van der Waals surface area (Å²) in [7, 11) is 1.87. The highest BCUT2D eigenvalue weighted by atomic mass is 16.2. The van der Waals surface area contributed by atoms with Gasteiger partial charge in [0.25, 0.3) is 5.56 Å². The highest BCUT2D eigenvalue weighted by Gasteiger charge is 2.26. The van der Waals surface area contributed by atoms with Crippen LogP contribution in [0.2, 0.25) is 0 Å². The Morgan fingerprint density at radius 3 is 2.73 bits per heavy atom. The average molecular weight is 403 g/mol. The van der Waals surface area contributed by atoms with E-state index >= 15 is 0 Å². The highest BCUT2D eigenvalue weighted by molar-refractivity contribution is 5.73. The Balaban J connectivity index is 1.47. The lowest BCUT2D eigenvalue weighted by atomic mass is 10.1. The molecule has 2 aromatic heterocycles. The molecule has 1 saturated heterocycles. The fourth-order valence-electron chi connectivity index (χ4n) is 3.81. The Morgan fingerprint density at radius 2 is 2.03 bits per heavy atom. The zero-order valence-electron chi connectivity index (χ0n) is 17.2. The number of hydrogen-bond donors (Lipinski definition) is 1. The molecule has 7 nitrogen and oxygen atoms in total. The number of likely N-dealkylation sites (N-methyl/N-ethyl adjacent to an activating group) is 1. The molecule has 4 rings (SSSR count). The van der Waals surface area contributed by atoms with Crippen molar-refractivity contribution < 1.29 is 4.79 Å². The molecule has 7 heteroatoms. The molecule has 1 aliphatic rings. The predicted molar refractivity (Wildman–Crippen MR) is 116 cm³/mol. The summed E-state index contributed by atoms with van der Waals surface area (Å²) in [6, 6.07) is 13.6. The molecule has 3 aromatic rings. The minimum absolute atomic E-state index is 0.112. The Labute approximate surface area is 175 Å². The number of aromatic amines is 1. The van der Waals surface area contributed by atoms with Crippen molar-refractivity contribution in [3.8, 4) is 22.6 Å². The first-order valence-corrected chi connectivity index (χ1v) is 10.1. The fourth-order valence-corrected chi connectivity index (χ4v) is 3.81. The molecule has 0 bridgehead atoms. The smallest absolute Gasteiger partial charge is 0.251 e. The van der Waals surface area contributed by atoms with Gasteiger partial charge in [0.1, 0.15) is 5.82 Å². The first-order valence-electron chi connectivity index (χ1n) is 10.1. The maximum absolute atomic E-state index is 12.1. The summed E-state index contributed by atoms with van der Waals surface area (Å²) in [6.45, 7) is 4.32. The molecule has 1 aliphatic heterocycles. The van der Waals surface area contributed by atoms with E-state index < -0.39 is 0 Å². The number of benzene rings is 1. The molecule has 1 aromatic carbocycles. The number of likely N-dealkylation sites (tertiary alicyclic amines) is 1. The number of aromatic nitrogens is 3. The predicted octanol–water partition coefficient (Wildman–Crippen LogP) is 2.55. The Bertz CT molecular complexity index is 1080. The van der Waals surface area contributed by atoms with Gasteiger partial charge in [-0.15, -0.1) is 0 Å². The standard InChI is InChI=1S/C23H25N5O2/c1-16(29)27(2)20-9-11-28(15-20)14-17-5-7-18(8-6-17)23-25-21(12-22(30)26-23)19-4-3-10-24-13-19/h3-8,10,12-13,20H,9,11,14-15H2,1-2H3,(H,25,26,30)/t20-/m1/s1. The maximum Gasteiger partial charge on any atom is 0.251 e. The molecule has 0 radical (unpaired) electrons. The molecule has 30 heavy (non-hydrogen) atoms. The van der Waals surface area contributed by atoms with Crippen LogP contribution in [-0.2, 0) is 11.3 Å². The second-order valence-electron chi connectivity index (χ2n) is 7.73. The van der Waals surface area contributed by atoms with Gasteiger partial charge < -0.3 is 9.88 Å². The van der Waals surface area contributed by atoms with Crippen molar-refractivity contribution >= 4 is 5.91 Å². The molecule has 1 atom stereocenters. The van der Waals surface area contributed by atoms with Crippen LogP contribution in [0.3, 0.4) is 0 Å². The van der Waals surface area contributed by atoms with E-state index in [0.717, 1.165) is 37.2 Å². The molecule has 154 valence electrons. The van der Waals surface area contributed by atoms with E-state index in [2.05, 4.69) is 32.0 Å². The van der Waals surface area contributed by atoms with E-state index in [-0.39, 0.29) is 17.5 Å². The number of nitrogens with one attached hydrogen (secondary N) is 1. The van der Waals surface area contributed by atoms with Crippen LogP contribution in [0.25, 0.3) is 22.6 Å². The van der Waals surface area contributed by atoms with Gasteiger partial charge in [0.05, 0.1) is 5.69 Å². The highest BCUT2D eigenvalue weighted by Crippen LogP contribution is 2.21. The number of rotatable bonds is 5. The van der Waals surface area contributed by atoms with Crippen molar-refractivity contribution in [3.05, 3.63) is 70.8 Å². The van der Waals surface area contributed by atoms with Crippen molar-refractivity contribution in [2.45, 2.75) is 25.9 Å². The SMILES string of the molecule is CC(=O)N(C)[C@@H]1CCN(Cc2ccc(-c3nc(-c4cccnc4)cc(=O)[nH]3)cc2)C1. The number of carbonyl (C=O) groups is 1. The average Bonchev–Trinajstić information content (AvgIpc) is 3.22. The topological polar surface area (TPSA) is 82.2 Å². The third-order valence-corrected chi connectivity index (χ3v) is 5.62. The quantitative estimate of drug-likeness (QED) is 0.708. The summed E-state index contributed by atoms with van der Waals surface area (Å²) < 4.78 is 0. The van der Waals surface area contributed by atoms with Crippen LogP contribution in [0, 0.1) is 0 Å². The molecular weight excluding hydrogens is 378 g/mol. The number of hydrogen-bond acceptors (Lipinski definition) is 5. The van der Waals surface area contributed by atoms with Gasteiger partial charge in [-0.25, -0.2) is 4.98 Å². The van der Waals surface area contributed by atoms with Crippen molar-refractivity contribution in [1.82, 2.24) is 24.8 Å². The van der Waals surface area contributed by atoms with E-state index in [1.807, 2.05) is 36.2 Å². The summed E-state index contributed by atoms with van der Waals surface area (Å²) >= 11 is 0. The van der Waals surface area contributed by atoms with E-state index in [1.165, 1.54) is 11.6 Å². The largest absolute Gasteiger partial charge is 0.342 e. The van der Waals surface area contributed by atoms with E-state index in [4.69, 9.17) is 0 Å². The van der Waals surface area contributed by atoms with Gasteiger partial charge in [-0.1, -0.05) is 24.3 Å².